The number of phenols is 1. The lowest BCUT2D eigenvalue weighted by atomic mass is 10.1. The third-order valence-electron chi connectivity index (χ3n) is 3.52. The molecule has 6 heteroatoms. The molecule has 0 heterocycles. The van der Waals surface area contributed by atoms with Gasteiger partial charge in [-0.2, -0.15) is 10.4 Å². The summed E-state index contributed by atoms with van der Waals surface area (Å²) in [7, 11) is 0. The maximum Gasteiger partial charge on any atom is 0.283 e. The summed E-state index contributed by atoms with van der Waals surface area (Å²) in [5.41, 5.74) is 2.87. The van der Waals surface area contributed by atoms with E-state index < -0.39 is 11.5 Å². The number of para-hydroxylation sites is 1. The van der Waals surface area contributed by atoms with Crippen molar-refractivity contribution < 1.29 is 14.6 Å². The predicted molar refractivity (Wildman–Crippen MR) is 94.4 cm³/mol. The second kappa shape index (κ2) is 7.49. The van der Waals surface area contributed by atoms with Gasteiger partial charge in [-0.05, 0) is 50.6 Å². The van der Waals surface area contributed by atoms with Crippen molar-refractivity contribution in [3.63, 3.8) is 0 Å². The summed E-state index contributed by atoms with van der Waals surface area (Å²) in [4.78, 5) is 12.3. The van der Waals surface area contributed by atoms with Crippen LogP contribution in [0.1, 0.15) is 30.5 Å². The van der Waals surface area contributed by atoms with Crippen molar-refractivity contribution in [2.75, 3.05) is 0 Å². The molecule has 0 bridgehead atoms. The van der Waals surface area contributed by atoms with E-state index in [2.05, 4.69) is 10.5 Å². The predicted octanol–water partition coefficient (Wildman–Crippen LogP) is 2.88. The fraction of sp³-hybridized carbons (Fsp3) is 0.211. The number of phenolic OH excluding ortho intramolecular Hbond substituents is 1. The number of aryl methyl sites for hydroxylation is 1. The van der Waals surface area contributed by atoms with Crippen molar-refractivity contribution in [1.29, 1.82) is 5.26 Å². The highest BCUT2D eigenvalue weighted by atomic mass is 16.5. The van der Waals surface area contributed by atoms with Crippen LogP contribution in [0.25, 0.3) is 0 Å². The summed E-state index contributed by atoms with van der Waals surface area (Å²) < 4.78 is 5.67. The zero-order valence-electron chi connectivity index (χ0n) is 14.3. The van der Waals surface area contributed by atoms with Gasteiger partial charge in [0.05, 0.1) is 17.8 Å². The Labute approximate surface area is 146 Å². The number of aromatic hydroxyl groups is 1. The maximum absolute atomic E-state index is 12.3. The first-order valence-electron chi connectivity index (χ1n) is 7.65. The molecule has 2 aromatic carbocycles. The molecular formula is C19H19N3O3. The zero-order valence-corrected chi connectivity index (χ0v) is 14.3. The largest absolute Gasteiger partial charge is 0.507 e. The molecule has 1 amide bonds. The number of nitriles is 1. The minimum atomic E-state index is -1.19. The van der Waals surface area contributed by atoms with Gasteiger partial charge in [0, 0.05) is 5.56 Å². The molecule has 2 aromatic rings. The van der Waals surface area contributed by atoms with Crippen LogP contribution in [-0.2, 0) is 4.79 Å². The van der Waals surface area contributed by atoms with E-state index in [1.807, 2.05) is 6.07 Å². The number of benzene rings is 2. The minimum absolute atomic E-state index is 0.115. The molecule has 0 saturated heterocycles. The molecular weight excluding hydrogens is 318 g/mol. The summed E-state index contributed by atoms with van der Waals surface area (Å²) in [5, 5.41) is 22.7. The quantitative estimate of drug-likeness (QED) is 0.648. The second-order valence-corrected chi connectivity index (χ2v) is 5.96. The van der Waals surface area contributed by atoms with E-state index in [-0.39, 0.29) is 5.75 Å². The van der Waals surface area contributed by atoms with Crippen molar-refractivity contribution >= 4 is 12.1 Å². The number of carbonyl (C=O) groups excluding carboxylic acids is 1. The third-order valence-corrected chi connectivity index (χ3v) is 3.52. The number of hydrogen-bond acceptors (Lipinski definition) is 5. The summed E-state index contributed by atoms with van der Waals surface area (Å²) in [5.74, 6) is 0.0714. The molecule has 0 atom stereocenters. The van der Waals surface area contributed by atoms with E-state index in [0.717, 1.165) is 5.56 Å². The SMILES string of the molecule is Cc1cccc(C=NNC(=O)C(C)(C)Oc2cccc(C#N)c2)c1O. The molecule has 6 nitrogen and oxygen atoms in total. The van der Waals surface area contributed by atoms with Gasteiger partial charge in [0.1, 0.15) is 11.5 Å². The lowest BCUT2D eigenvalue weighted by Gasteiger charge is -2.24. The van der Waals surface area contributed by atoms with Gasteiger partial charge in [0.2, 0.25) is 0 Å². The minimum Gasteiger partial charge on any atom is -0.507 e. The fourth-order valence-electron chi connectivity index (χ4n) is 2.05. The Morgan fingerprint density at radius 3 is 2.76 bits per heavy atom. The van der Waals surface area contributed by atoms with Crippen LogP contribution in [0.5, 0.6) is 11.5 Å². The molecule has 0 aromatic heterocycles. The third kappa shape index (κ3) is 4.58. The number of hydrogen-bond donors (Lipinski definition) is 2. The number of nitrogens with one attached hydrogen (secondary N) is 1. The van der Waals surface area contributed by atoms with Crippen LogP contribution in [-0.4, -0.2) is 22.8 Å². The highest BCUT2D eigenvalue weighted by Gasteiger charge is 2.30. The molecule has 0 fully saturated rings. The van der Waals surface area contributed by atoms with E-state index in [1.165, 1.54) is 6.21 Å². The first kappa shape index (κ1) is 18.0. The van der Waals surface area contributed by atoms with Gasteiger partial charge in [-0.25, -0.2) is 5.43 Å². The monoisotopic (exact) mass is 337 g/mol. The number of carbonyl (C=O) groups is 1. The Morgan fingerprint density at radius 1 is 1.32 bits per heavy atom. The average Bonchev–Trinajstić information content (AvgIpc) is 2.58. The topological polar surface area (TPSA) is 94.7 Å². The Balaban J connectivity index is 2.04. The second-order valence-electron chi connectivity index (χ2n) is 5.96. The molecule has 0 radical (unpaired) electrons. The van der Waals surface area contributed by atoms with Gasteiger partial charge >= 0.3 is 0 Å². The highest BCUT2D eigenvalue weighted by molar-refractivity contribution is 5.88. The molecule has 0 saturated carbocycles. The average molecular weight is 337 g/mol. The van der Waals surface area contributed by atoms with Crippen LogP contribution in [0.15, 0.2) is 47.6 Å². The lowest BCUT2D eigenvalue weighted by Crippen LogP contribution is -2.44. The molecule has 0 aliphatic rings. The van der Waals surface area contributed by atoms with E-state index in [0.29, 0.717) is 16.9 Å². The molecule has 0 spiro atoms. The standard InChI is InChI=1S/C19H19N3O3/c1-13-6-4-8-15(17(13)23)12-21-22-18(24)19(2,3)25-16-9-5-7-14(10-16)11-20/h4-10,12,23H,1-3H3,(H,22,24). The number of amides is 1. The van der Waals surface area contributed by atoms with Crippen molar-refractivity contribution in [2.45, 2.75) is 26.4 Å². The summed E-state index contributed by atoms with van der Waals surface area (Å²) in [6.07, 6.45) is 1.37. The highest BCUT2D eigenvalue weighted by Crippen LogP contribution is 2.21. The number of rotatable bonds is 5. The van der Waals surface area contributed by atoms with Gasteiger partial charge < -0.3 is 9.84 Å². The van der Waals surface area contributed by atoms with Crippen LogP contribution in [0.4, 0.5) is 0 Å². The summed E-state index contributed by atoms with van der Waals surface area (Å²) >= 11 is 0. The molecule has 2 N–H and O–H groups in total. The maximum atomic E-state index is 12.3. The Morgan fingerprint density at radius 2 is 2.04 bits per heavy atom. The Bertz CT molecular complexity index is 851. The van der Waals surface area contributed by atoms with Gasteiger partial charge in [-0.3, -0.25) is 4.79 Å². The van der Waals surface area contributed by atoms with Gasteiger partial charge in [0.25, 0.3) is 5.91 Å². The van der Waals surface area contributed by atoms with Gasteiger partial charge in [-0.1, -0.05) is 18.2 Å². The molecule has 0 aliphatic carbocycles. The van der Waals surface area contributed by atoms with E-state index in [4.69, 9.17) is 10.00 Å². The van der Waals surface area contributed by atoms with Crippen LogP contribution in [0, 0.1) is 18.3 Å². The Kier molecular flexibility index (Phi) is 5.40. The van der Waals surface area contributed by atoms with Crippen LogP contribution in [0.3, 0.4) is 0 Å². The summed E-state index contributed by atoms with van der Waals surface area (Å²) in [6.45, 7) is 4.97. The first-order chi connectivity index (χ1) is 11.8. The molecule has 128 valence electrons. The first-order valence-corrected chi connectivity index (χ1v) is 7.65. The van der Waals surface area contributed by atoms with Gasteiger partial charge in [-0.15, -0.1) is 0 Å². The molecule has 0 unspecified atom stereocenters. The van der Waals surface area contributed by atoms with E-state index in [9.17, 15) is 9.90 Å². The van der Waals surface area contributed by atoms with Crippen LogP contribution in [0.2, 0.25) is 0 Å². The van der Waals surface area contributed by atoms with E-state index in [1.54, 1.807) is 63.2 Å². The number of nitrogens with zero attached hydrogens (tertiary/aromatic N) is 2. The van der Waals surface area contributed by atoms with Crippen LogP contribution < -0.4 is 10.2 Å². The van der Waals surface area contributed by atoms with Crippen molar-refractivity contribution in [3.8, 4) is 17.6 Å². The zero-order chi connectivity index (χ0) is 18.4. The fourth-order valence-corrected chi connectivity index (χ4v) is 2.05. The van der Waals surface area contributed by atoms with E-state index >= 15 is 0 Å². The lowest BCUT2D eigenvalue weighted by molar-refractivity contribution is -0.134. The number of hydrazone groups is 1. The normalized spacial score (nSPS) is 11.1. The van der Waals surface area contributed by atoms with Crippen molar-refractivity contribution in [3.05, 3.63) is 59.2 Å². The summed E-state index contributed by atoms with van der Waals surface area (Å²) in [6, 6.07) is 13.8. The van der Waals surface area contributed by atoms with Crippen LogP contribution >= 0.6 is 0 Å². The number of ether oxygens (including phenoxy) is 1. The molecule has 0 aliphatic heterocycles. The smallest absolute Gasteiger partial charge is 0.283 e. The van der Waals surface area contributed by atoms with Gasteiger partial charge in [0.15, 0.2) is 5.60 Å². The van der Waals surface area contributed by atoms with Crippen molar-refractivity contribution in [1.82, 2.24) is 5.43 Å². The molecule has 25 heavy (non-hydrogen) atoms. The van der Waals surface area contributed by atoms with Crippen molar-refractivity contribution in [2.24, 2.45) is 5.10 Å². The Hall–Kier alpha value is -3.33. The molecule has 2 rings (SSSR count).